The lowest BCUT2D eigenvalue weighted by Gasteiger charge is -2.05. The van der Waals surface area contributed by atoms with E-state index in [-0.39, 0.29) is 18.2 Å². The number of nitro groups is 1. The Morgan fingerprint density at radius 3 is 2.70 bits per heavy atom. The van der Waals surface area contributed by atoms with Gasteiger partial charge in [-0.05, 0) is 17.7 Å². The van der Waals surface area contributed by atoms with Gasteiger partial charge in [0.15, 0.2) is 0 Å². The molecule has 0 atom stereocenters. The lowest BCUT2D eigenvalue weighted by Crippen LogP contribution is -2.12. The normalized spacial score (nSPS) is 10.2. The zero-order valence-electron chi connectivity index (χ0n) is 10.1. The van der Waals surface area contributed by atoms with Crippen LogP contribution in [0.1, 0.15) is 5.56 Å². The third-order valence-electron chi connectivity index (χ3n) is 2.28. The largest absolute Gasteiger partial charge is 0.493 e. The Morgan fingerprint density at radius 1 is 1.40 bits per heavy atom. The third kappa shape index (κ3) is 3.53. The van der Waals surface area contributed by atoms with E-state index in [0.717, 1.165) is 6.07 Å². The number of aromatic hydroxyl groups is 1. The van der Waals surface area contributed by atoms with Crippen molar-refractivity contribution in [3.63, 3.8) is 0 Å². The predicted octanol–water partition coefficient (Wildman–Crippen LogP) is 0.927. The van der Waals surface area contributed by atoms with Crippen molar-refractivity contribution in [2.75, 3.05) is 5.48 Å². The van der Waals surface area contributed by atoms with Crippen molar-refractivity contribution < 1.29 is 14.9 Å². The summed E-state index contributed by atoms with van der Waals surface area (Å²) in [5.74, 6) is -0.480. The summed E-state index contributed by atoms with van der Waals surface area (Å²) in [6.07, 6.45) is 0. The number of nitro benzene ring substituents is 1. The molecule has 3 N–H and O–H groups in total. The van der Waals surface area contributed by atoms with E-state index in [1.54, 1.807) is 12.1 Å². The van der Waals surface area contributed by atoms with Crippen LogP contribution < -0.4 is 11.0 Å². The summed E-state index contributed by atoms with van der Waals surface area (Å²) < 4.78 is 0. The Balaban J connectivity index is 1.92. The number of benzene rings is 1. The summed E-state index contributed by atoms with van der Waals surface area (Å²) in [7, 11) is 0. The van der Waals surface area contributed by atoms with Crippen LogP contribution in [-0.2, 0) is 11.4 Å². The maximum atomic E-state index is 11.0. The summed E-state index contributed by atoms with van der Waals surface area (Å²) >= 11 is 0. The number of H-pyrrole nitrogens is 1. The fourth-order valence-electron chi connectivity index (χ4n) is 1.39. The zero-order chi connectivity index (χ0) is 14.5. The van der Waals surface area contributed by atoms with Crippen LogP contribution in [0.4, 0.5) is 11.6 Å². The molecule has 1 heterocycles. The Bertz CT molecular complexity index is 667. The molecule has 2 rings (SSSR count). The van der Waals surface area contributed by atoms with Crippen molar-refractivity contribution in [2.24, 2.45) is 0 Å². The Morgan fingerprint density at radius 2 is 2.10 bits per heavy atom. The van der Waals surface area contributed by atoms with E-state index >= 15 is 0 Å². The number of hydrogen-bond acceptors (Lipinski definition) is 7. The average molecular weight is 278 g/mol. The minimum atomic E-state index is -0.529. The van der Waals surface area contributed by atoms with Gasteiger partial charge >= 0.3 is 0 Å². The molecule has 0 spiro atoms. The van der Waals surface area contributed by atoms with Gasteiger partial charge in [0.05, 0.1) is 17.6 Å². The summed E-state index contributed by atoms with van der Waals surface area (Å²) in [5, 5.41) is 19.6. The van der Waals surface area contributed by atoms with Gasteiger partial charge in [-0.3, -0.25) is 24.7 Å². The third-order valence-corrected chi connectivity index (χ3v) is 2.28. The van der Waals surface area contributed by atoms with Crippen LogP contribution in [0.15, 0.2) is 35.1 Å². The first-order valence-electron chi connectivity index (χ1n) is 5.46. The first-order valence-corrected chi connectivity index (χ1v) is 5.46. The SMILES string of the molecule is O=c1cc(O)nc(NOCc2ccc([N+](=O)[O-])cc2)[nH]1. The second kappa shape index (κ2) is 5.80. The van der Waals surface area contributed by atoms with E-state index in [1.165, 1.54) is 12.1 Å². The van der Waals surface area contributed by atoms with E-state index in [0.29, 0.717) is 5.56 Å². The van der Waals surface area contributed by atoms with Crippen LogP contribution in [0, 0.1) is 10.1 Å². The maximum absolute atomic E-state index is 11.0. The number of anilines is 1. The summed E-state index contributed by atoms with van der Waals surface area (Å²) in [4.78, 5) is 31.9. The Hall–Kier alpha value is -2.94. The topological polar surface area (TPSA) is 130 Å². The highest BCUT2D eigenvalue weighted by atomic mass is 16.6. The molecule has 0 bridgehead atoms. The average Bonchev–Trinajstić information content (AvgIpc) is 2.38. The van der Waals surface area contributed by atoms with Crippen LogP contribution >= 0.6 is 0 Å². The number of non-ortho nitro benzene ring substituents is 1. The molecule has 0 saturated carbocycles. The van der Waals surface area contributed by atoms with Gasteiger partial charge in [-0.25, -0.2) is 5.48 Å². The lowest BCUT2D eigenvalue weighted by molar-refractivity contribution is -0.384. The number of nitrogens with one attached hydrogen (secondary N) is 2. The first kappa shape index (κ1) is 13.5. The van der Waals surface area contributed by atoms with E-state index in [9.17, 15) is 14.9 Å². The molecule has 1 aromatic heterocycles. The molecule has 0 aliphatic carbocycles. The van der Waals surface area contributed by atoms with Crippen molar-refractivity contribution in [2.45, 2.75) is 6.61 Å². The molecule has 0 unspecified atom stereocenters. The molecule has 20 heavy (non-hydrogen) atoms. The van der Waals surface area contributed by atoms with Crippen molar-refractivity contribution in [3.05, 3.63) is 56.4 Å². The predicted molar refractivity (Wildman–Crippen MR) is 68.0 cm³/mol. The molecule has 104 valence electrons. The minimum Gasteiger partial charge on any atom is -0.493 e. The van der Waals surface area contributed by atoms with Gasteiger partial charge in [-0.1, -0.05) is 0 Å². The standard InChI is InChI=1S/C11H10N4O5/c16-9-5-10(17)13-11(12-9)14-20-6-7-1-3-8(4-2-7)15(18)19/h1-5H,6H2,(H3,12,13,14,16,17). The number of aromatic amines is 1. The van der Waals surface area contributed by atoms with Crippen LogP contribution in [0.2, 0.25) is 0 Å². The van der Waals surface area contributed by atoms with Gasteiger partial charge in [-0.15, -0.1) is 0 Å². The molecule has 0 fully saturated rings. The highest BCUT2D eigenvalue weighted by molar-refractivity contribution is 5.32. The second-order valence-electron chi connectivity index (χ2n) is 3.77. The number of aromatic nitrogens is 2. The monoisotopic (exact) mass is 278 g/mol. The molecule has 0 amide bonds. The zero-order valence-corrected chi connectivity index (χ0v) is 10.1. The van der Waals surface area contributed by atoms with Crippen LogP contribution in [0.25, 0.3) is 0 Å². The van der Waals surface area contributed by atoms with E-state index in [4.69, 9.17) is 9.94 Å². The quantitative estimate of drug-likeness (QED) is 0.547. The molecular formula is C11H10N4O5. The minimum absolute atomic E-state index is 0.0133. The van der Waals surface area contributed by atoms with Gasteiger partial charge < -0.3 is 5.11 Å². The van der Waals surface area contributed by atoms with Gasteiger partial charge in [0.2, 0.25) is 11.8 Å². The van der Waals surface area contributed by atoms with Crippen molar-refractivity contribution in [3.8, 4) is 5.88 Å². The fourth-order valence-corrected chi connectivity index (χ4v) is 1.39. The van der Waals surface area contributed by atoms with Crippen molar-refractivity contribution in [1.82, 2.24) is 9.97 Å². The smallest absolute Gasteiger partial charge is 0.269 e. The molecule has 0 radical (unpaired) electrons. The van der Waals surface area contributed by atoms with Crippen LogP contribution in [-0.4, -0.2) is 20.0 Å². The molecule has 1 aromatic carbocycles. The molecule has 0 saturated heterocycles. The second-order valence-corrected chi connectivity index (χ2v) is 3.77. The maximum Gasteiger partial charge on any atom is 0.269 e. The van der Waals surface area contributed by atoms with E-state index in [1.807, 2.05) is 0 Å². The van der Waals surface area contributed by atoms with Crippen LogP contribution in [0.3, 0.4) is 0 Å². The number of hydrogen-bond donors (Lipinski definition) is 3. The molecule has 0 aliphatic rings. The van der Waals surface area contributed by atoms with Gasteiger partial charge in [-0.2, -0.15) is 4.98 Å². The first-order chi connectivity index (χ1) is 9.54. The number of nitrogens with zero attached hydrogens (tertiary/aromatic N) is 2. The Kier molecular flexibility index (Phi) is 3.91. The van der Waals surface area contributed by atoms with Gasteiger partial charge in [0, 0.05) is 12.1 Å². The van der Waals surface area contributed by atoms with E-state index in [2.05, 4.69) is 15.4 Å². The summed E-state index contributed by atoms with van der Waals surface area (Å²) in [5.41, 5.74) is 2.50. The van der Waals surface area contributed by atoms with Gasteiger partial charge in [0.25, 0.3) is 11.2 Å². The van der Waals surface area contributed by atoms with Crippen LogP contribution in [0.5, 0.6) is 5.88 Å². The van der Waals surface area contributed by atoms with Crippen molar-refractivity contribution >= 4 is 11.6 Å². The lowest BCUT2D eigenvalue weighted by atomic mass is 10.2. The molecule has 9 nitrogen and oxygen atoms in total. The fraction of sp³-hybridized carbons (Fsp3) is 0.0909. The highest BCUT2D eigenvalue weighted by Gasteiger charge is 2.04. The highest BCUT2D eigenvalue weighted by Crippen LogP contribution is 2.12. The molecule has 9 heteroatoms. The summed E-state index contributed by atoms with van der Waals surface area (Å²) in [6.45, 7) is 0.0946. The molecule has 2 aromatic rings. The Labute approximate surface area is 112 Å². The van der Waals surface area contributed by atoms with Gasteiger partial charge in [0.1, 0.15) is 0 Å². The molecule has 0 aliphatic heterocycles. The van der Waals surface area contributed by atoms with Crippen molar-refractivity contribution in [1.29, 1.82) is 0 Å². The number of rotatable bonds is 5. The van der Waals surface area contributed by atoms with E-state index < -0.39 is 16.4 Å². The molecular weight excluding hydrogens is 268 g/mol. The summed E-state index contributed by atoms with van der Waals surface area (Å²) in [6, 6.07) is 6.71.